The van der Waals surface area contributed by atoms with Gasteiger partial charge in [-0.05, 0) is 30.0 Å². The summed E-state index contributed by atoms with van der Waals surface area (Å²) in [7, 11) is -3.85. The molecule has 1 aromatic rings. The van der Waals surface area contributed by atoms with Gasteiger partial charge in [0.05, 0.1) is 4.90 Å². The second-order valence-corrected chi connectivity index (χ2v) is 8.28. The average molecular weight is 363 g/mol. The molecule has 20 heavy (non-hydrogen) atoms. The summed E-state index contributed by atoms with van der Waals surface area (Å²) in [5.41, 5.74) is 0.912. The van der Waals surface area contributed by atoms with Crippen molar-refractivity contribution in [3.8, 4) is 0 Å². The minimum atomic E-state index is -3.85. The molecule has 7 heteroatoms. The molecule has 112 valence electrons. The van der Waals surface area contributed by atoms with Crippen molar-refractivity contribution in [2.75, 3.05) is 6.54 Å². The maximum atomic E-state index is 12.2. The van der Waals surface area contributed by atoms with Crippen LogP contribution >= 0.6 is 15.9 Å². The fourth-order valence-corrected chi connectivity index (χ4v) is 2.67. The average Bonchev–Trinajstić information content (AvgIpc) is 2.27. The first-order chi connectivity index (χ1) is 8.92. The molecule has 0 unspecified atom stereocenters. The first kappa shape index (κ1) is 17.1. The molecule has 0 saturated heterocycles. The molecule has 0 radical (unpaired) electrons. The van der Waals surface area contributed by atoms with Crippen LogP contribution in [0.2, 0.25) is 0 Å². The number of amides is 1. The molecule has 3 N–H and O–H groups in total. The van der Waals surface area contributed by atoms with Gasteiger partial charge in [-0.1, -0.05) is 36.7 Å². The molecule has 1 amide bonds. The quantitative estimate of drug-likeness (QED) is 0.863. The summed E-state index contributed by atoms with van der Waals surface area (Å²) in [5, 5.41) is 7.90. The summed E-state index contributed by atoms with van der Waals surface area (Å²) in [6, 6.07) is 2.69. The van der Waals surface area contributed by atoms with E-state index in [-0.39, 0.29) is 16.2 Å². The summed E-state index contributed by atoms with van der Waals surface area (Å²) in [6.07, 6.45) is 0. The van der Waals surface area contributed by atoms with Gasteiger partial charge in [0.15, 0.2) is 0 Å². The van der Waals surface area contributed by atoms with E-state index < -0.39 is 10.0 Å². The molecule has 1 aromatic carbocycles. The van der Waals surface area contributed by atoms with Crippen molar-refractivity contribution in [3.05, 3.63) is 27.7 Å². The topological polar surface area (TPSA) is 89.3 Å². The molecule has 0 aliphatic rings. The summed E-state index contributed by atoms with van der Waals surface area (Å²) >= 11 is 3.25. The van der Waals surface area contributed by atoms with E-state index in [9.17, 15) is 13.2 Å². The van der Waals surface area contributed by atoms with Crippen LogP contribution in [0.15, 0.2) is 21.5 Å². The maximum absolute atomic E-state index is 12.2. The molecule has 0 aliphatic carbocycles. The predicted octanol–water partition coefficient (Wildman–Crippen LogP) is 2.18. The lowest BCUT2D eigenvalue weighted by Gasteiger charge is -2.19. The van der Waals surface area contributed by atoms with Gasteiger partial charge in [0.2, 0.25) is 10.0 Å². The zero-order valence-corrected chi connectivity index (χ0v) is 14.4. The highest BCUT2D eigenvalue weighted by Crippen LogP contribution is 2.24. The number of hydrogen-bond donors (Lipinski definition) is 2. The molecule has 1 rings (SSSR count). The number of nitrogens with one attached hydrogen (secondary N) is 1. The summed E-state index contributed by atoms with van der Waals surface area (Å²) in [5.74, 6) is -0.316. The number of halogens is 1. The van der Waals surface area contributed by atoms with E-state index in [2.05, 4.69) is 21.2 Å². The fraction of sp³-hybridized carbons (Fsp3) is 0.462. The van der Waals surface area contributed by atoms with E-state index in [1.165, 1.54) is 12.1 Å². The van der Waals surface area contributed by atoms with Crippen molar-refractivity contribution >= 4 is 31.9 Å². The summed E-state index contributed by atoms with van der Waals surface area (Å²) in [4.78, 5) is 12.1. The van der Waals surface area contributed by atoms with Gasteiger partial charge in [0.25, 0.3) is 5.91 Å². The predicted molar refractivity (Wildman–Crippen MR) is 82.0 cm³/mol. The van der Waals surface area contributed by atoms with E-state index in [1.54, 1.807) is 6.92 Å². The minimum Gasteiger partial charge on any atom is -0.352 e. The number of carbonyl (C=O) groups is 1. The van der Waals surface area contributed by atoms with Crippen molar-refractivity contribution in [1.82, 2.24) is 5.32 Å². The number of rotatable bonds is 3. The molecule has 0 fully saturated rings. The van der Waals surface area contributed by atoms with Crippen molar-refractivity contribution < 1.29 is 13.2 Å². The highest BCUT2D eigenvalue weighted by atomic mass is 79.9. The van der Waals surface area contributed by atoms with Gasteiger partial charge < -0.3 is 5.32 Å². The molecule has 0 aliphatic heterocycles. The number of benzene rings is 1. The van der Waals surface area contributed by atoms with Crippen LogP contribution in [-0.2, 0) is 10.0 Å². The number of hydrogen-bond acceptors (Lipinski definition) is 3. The normalized spacial score (nSPS) is 12.3. The second-order valence-electron chi connectivity index (χ2n) is 5.87. The molecule has 0 spiro atoms. The Labute approximate surface area is 128 Å². The van der Waals surface area contributed by atoms with Gasteiger partial charge in [0.1, 0.15) is 0 Å². The van der Waals surface area contributed by atoms with E-state index in [1.807, 2.05) is 20.8 Å². The van der Waals surface area contributed by atoms with Crippen LogP contribution in [0, 0.1) is 12.3 Å². The lowest BCUT2D eigenvalue weighted by molar-refractivity contribution is 0.0938. The fourth-order valence-electron chi connectivity index (χ4n) is 1.49. The molecular formula is C13H19BrN2O3S. The monoisotopic (exact) mass is 362 g/mol. The SMILES string of the molecule is Cc1c(Br)cc(S(N)(=O)=O)cc1C(=O)NCC(C)(C)C. The Morgan fingerprint density at radius 1 is 1.35 bits per heavy atom. The third kappa shape index (κ3) is 4.57. The van der Waals surface area contributed by atoms with E-state index in [0.717, 1.165) is 0 Å². The zero-order valence-electron chi connectivity index (χ0n) is 12.0. The third-order valence-corrected chi connectivity index (χ3v) is 4.39. The van der Waals surface area contributed by atoms with Crippen LogP contribution in [0.25, 0.3) is 0 Å². The Kier molecular flexibility index (Phi) is 4.99. The van der Waals surface area contributed by atoms with Crippen LogP contribution in [0.4, 0.5) is 0 Å². The largest absolute Gasteiger partial charge is 0.352 e. The molecule has 0 atom stereocenters. The lowest BCUT2D eigenvalue weighted by Crippen LogP contribution is -2.32. The molecule has 0 bridgehead atoms. The summed E-state index contributed by atoms with van der Waals surface area (Å²) in [6.45, 7) is 8.22. The molecule has 0 saturated carbocycles. The van der Waals surface area contributed by atoms with Crippen LogP contribution in [0.1, 0.15) is 36.7 Å². The first-order valence-electron chi connectivity index (χ1n) is 6.03. The van der Waals surface area contributed by atoms with E-state index in [0.29, 0.717) is 22.1 Å². The third-order valence-electron chi connectivity index (χ3n) is 2.67. The Bertz CT molecular complexity index is 634. The Morgan fingerprint density at radius 3 is 2.35 bits per heavy atom. The molecule has 0 heterocycles. The Morgan fingerprint density at radius 2 is 1.90 bits per heavy atom. The van der Waals surface area contributed by atoms with Crippen molar-refractivity contribution in [3.63, 3.8) is 0 Å². The minimum absolute atomic E-state index is 0.0572. The lowest BCUT2D eigenvalue weighted by atomic mass is 9.96. The van der Waals surface area contributed by atoms with Gasteiger partial charge in [-0.25, -0.2) is 13.6 Å². The van der Waals surface area contributed by atoms with Crippen molar-refractivity contribution in [2.24, 2.45) is 10.6 Å². The summed E-state index contributed by atoms with van der Waals surface area (Å²) < 4.78 is 23.4. The molecule has 0 aromatic heterocycles. The highest BCUT2D eigenvalue weighted by molar-refractivity contribution is 9.10. The van der Waals surface area contributed by atoms with Gasteiger partial charge in [-0.3, -0.25) is 4.79 Å². The number of sulfonamides is 1. The molecule has 5 nitrogen and oxygen atoms in total. The van der Waals surface area contributed by atoms with E-state index >= 15 is 0 Å². The van der Waals surface area contributed by atoms with Crippen LogP contribution in [0.5, 0.6) is 0 Å². The van der Waals surface area contributed by atoms with Crippen molar-refractivity contribution in [2.45, 2.75) is 32.6 Å². The van der Waals surface area contributed by atoms with Crippen LogP contribution in [-0.4, -0.2) is 20.9 Å². The van der Waals surface area contributed by atoms with Crippen LogP contribution in [0.3, 0.4) is 0 Å². The standard InChI is InChI=1S/C13H19BrN2O3S/c1-8-10(12(17)16-7-13(2,3)4)5-9(6-11(8)14)20(15,18)19/h5-6H,7H2,1-4H3,(H,16,17)(H2,15,18,19). The number of primary sulfonamides is 1. The van der Waals surface area contributed by atoms with Gasteiger partial charge in [-0.2, -0.15) is 0 Å². The number of carbonyl (C=O) groups excluding carboxylic acids is 1. The maximum Gasteiger partial charge on any atom is 0.251 e. The first-order valence-corrected chi connectivity index (χ1v) is 8.37. The second kappa shape index (κ2) is 5.83. The Hall–Kier alpha value is -0.920. The number of nitrogens with two attached hydrogens (primary N) is 1. The van der Waals surface area contributed by atoms with Gasteiger partial charge in [-0.15, -0.1) is 0 Å². The Balaban J connectivity index is 3.18. The smallest absolute Gasteiger partial charge is 0.251 e. The zero-order chi connectivity index (χ0) is 15.7. The van der Waals surface area contributed by atoms with Gasteiger partial charge in [0, 0.05) is 16.6 Å². The highest BCUT2D eigenvalue weighted by Gasteiger charge is 2.19. The molecular weight excluding hydrogens is 344 g/mol. The van der Waals surface area contributed by atoms with Gasteiger partial charge >= 0.3 is 0 Å². The van der Waals surface area contributed by atoms with E-state index in [4.69, 9.17) is 5.14 Å². The van der Waals surface area contributed by atoms with Crippen LogP contribution < -0.4 is 10.5 Å². The van der Waals surface area contributed by atoms with Crippen molar-refractivity contribution in [1.29, 1.82) is 0 Å².